The molecule has 50 heavy (non-hydrogen) atoms. The molecular weight excluding hydrogens is 630 g/mol. The number of carboxylic acid groups (broad SMARTS) is 1. The minimum absolute atomic E-state index is 0.0498. The largest absolute Gasteiger partial charge is 0.465 e. The Morgan fingerprint density at radius 3 is 2.30 bits per heavy atom. The van der Waals surface area contributed by atoms with E-state index in [0.717, 1.165) is 65.4 Å². The van der Waals surface area contributed by atoms with Crippen molar-refractivity contribution in [1.82, 2.24) is 19.3 Å². The molecule has 3 aliphatic heterocycles. The number of morpholine rings is 1. The van der Waals surface area contributed by atoms with Gasteiger partial charge < -0.3 is 29.1 Å². The number of fused-ring (bicyclic) bond motifs is 2. The Bertz CT molecular complexity index is 1910. The van der Waals surface area contributed by atoms with Gasteiger partial charge in [-0.1, -0.05) is 42.5 Å². The predicted octanol–water partition coefficient (Wildman–Crippen LogP) is 5.70. The lowest BCUT2D eigenvalue weighted by Gasteiger charge is -2.41. The predicted molar refractivity (Wildman–Crippen MR) is 193 cm³/mol. The third-order valence-corrected chi connectivity index (χ3v) is 10.7. The summed E-state index contributed by atoms with van der Waals surface area (Å²) in [7, 11) is 1.78. The fourth-order valence-electron chi connectivity index (χ4n) is 7.83. The zero-order valence-corrected chi connectivity index (χ0v) is 29.1. The summed E-state index contributed by atoms with van der Waals surface area (Å²) < 4.78 is 7.74. The monoisotopic (exact) mass is 675 g/mol. The van der Waals surface area contributed by atoms with Crippen LogP contribution in [0.25, 0.3) is 11.3 Å². The molecule has 10 heteroatoms. The molecule has 1 atom stereocenters. The SMILES string of the molecule is CCn1c(-c2cc3c(cc2C(=O)N2Cc4ccccc4C[C@H]2CN2CCOCC2)CN(C(=O)O)CC3)cc(C(=O)N(C)c2ccccc2)c1C. The molecule has 1 fully saturated rings. The first-order valence-electron chi connectivity index (χ1n) is 17.6. The van der Waals surface area contributed by atoms with Gasteiger partial charge in [-0.2, -0.15) is 0 Å². The number of anilines is 1. The highest BCUT2D eigenvalue weighted by Gasteiger charge is 2.35. The molecule has 3 aromatic carbocycles. The third-order valence-electron chi connectivity index (χ3n) is 10.7. The molecular formula is C40H45N5O5. The lowest BCUT2D eigenvalue weighted by atomic mass is 9.89. The summed E-state index contributed by atoms with van der Waals surface area (Å²) in [5, 5.41) is 9.84. The van der Waals surface area contributed by atoms with E-state index < -0.39 is 6.09 Å². The van der Waals surface area contributed by atoms with E-state index in [1.54, 1.807) is 11.9 Å². The van der Waals surface area contributed by atoms with Crippen molar-refractivity contribution in [2.45, 2.75) is 52.4 Å². The van der Waals surface area contributed by atoms with Gasteiger partial charge in [0.15, 0.2) is 0 Å². The number of amides is 3. The van der Waals surface area contributed by atoms with E-state index in [1.165, 1.54) is 10.5 Å². The van der Waals surface area contributed by atoms with Gasteiger partial charge in [0.25, 0.3) is 11.8 Å². The van der Waals surface area contributed by atoms with E-state index >= 15 is 4.79 Å². The van der Waals surface area contributed by atoms with Gasteiger partial charge in [0, 0.05) is 87.1 Å². The molecule has 0 bridgehead atoms. The van der Waals surface area contributed by atoms with E-state index in [4.69, 9.17) is 4.74 Å². The number of benzene rings is 3. The molecule has 1 aromatic heterocycles. The van der Waals surface area contributed by atoms with Gasteiger partial charge >= 0.3 is 6.09 Å². The highest BCUT2D eigenvalue weighted by Crippen LogP contribution is 2.36. The molecule has 0 unspecified atom stereocenters. The van der Waals surface area contributed by atoms with Crippen molar-refractivity contribution in [3.05, 3.63) is 112 Å². The first-order chi connectivity index (χ1) is 24.2. The van der Waals surface area contributed by atoms with E-state index in [1.807, 2.05) is 60.4 Å². The quantitative estimate of drug-likeness (QED) is 0.270. The minimum Gasteiger partial charge on any atom is -0.465 e. The van der Waals surface area contributed by atoms with Crippen LogP contribution in [0, 0.1) is 6.92 Å². The molecule has 260 valence electrons. The average Bonchev–Trinajstić information content (AvgIpc) is 3.49. The van der Waals surface area contributed by atoms with Gasteiger partial charge in [-0.15, -0.1) is 0 Å². The Morgan fingerprint density at radius 2 is 1.58 bits per heavy atom. The smallest absolute Gasteiger partial charge is 0.407 e. The van der Waals surface area contributed by atoms with Crippen molar-refractivity contribution in [1.29, 1.82) is 0 Å². The number of rotatable bonds is 7. The number of nitrogens with zero attached hydrogens (tertiary/aromatic N) is 5. The number of aromatic nitrogens is 1. The second-order valence-electron chi connectivity index (χ2n) is 13.6. The molecule has 4 aromatic rings. The maximum Gasteiger partial charge on any atom is 0.407 e. The Labute approximate surface area is 293 Å². The first kappa shape index (κ1) is 33.6. The van der Waals surface area contributed by atoms with Crippen LogP contribution < -0.4 is 4.90 Å². The van der Waals surface area contributed by atoms with Crippen LogP contribution in [0.2, 0.25) is 0 Å². The van der Waals surface area contributed by atoms with Crippen LogP contribution in [-0.4, -0.2) is 94.8 Å². The molecule has 1 saturated heterocycles. The Morgan fingerprint density at radius 1 is 0.860 bits per heavy atom. The van der Waals surface area contributed by atoms with Crippen molar-refractivity contribution in [2.24, 2.45) is 0 Å². The van der Waals surface area contributed by atoms with Gasteiger partial charge in [-0.3, -0.25) is 14.5 Å². The summed E-state index contributed by atoms with van der Waals surface area (Å²) in [6, 6.07) is 23.8. The number of carbonyl (C=O) groups is 3. The minimum atomic E-state index is -0.966. The molecule has 0 radical (unpaired) electrons. The van der Waals surface area contributed by atoms with Crippen molar-refractivity contribution < 1.29 is 24.2 Å². The Hall–Kier alpha value is -4.93. The molecule has 0 saturated carbocycles. The van der Waals surface area contributed by atoms with Gasteiger partial charge in [0.1, 0.15) is 0 Å². The lowest BCUT2D eigenvalue weighted by molar-refractivity contribution is 0.0193. The number of hydrogen-bond acceptors (Lipinski definition) is 5. The molecule has 10 nitrogen and oxygen atoms in total. The topological polar surface area (TPSA) is 98.6 Å². The molecule has 1 N–H and O–H groups in total. The third kappa shape index (κ3) is 6.41. The first-order valence-corrected chi connectivity index (χ1v) is 17.6. The highest BCUT2D eigenvalue weighted by molar-refractivity contribution is 6.08. The number of hydrogen-bond donors (Lipinski definition) is 1. The van der Waals surface area contributed by atoms with Crippen molar-refractivity contribution in [2.75, 3.05) is 51.3 Å². The molecule has 3 amide bonds. The number of para-hydroxylation sites is 1. The zero-order chi connectivity index (χ0) is 34.9. The zero-order valence-electron chi connectivity index (χ0n) is 29.1. The molecule has 3 aliphatic rings. The summed E-state index contributed by atoms with van der Waals surface area (Å²) >= 11 is 0. The van der Waals surface area contributed by atoms with E-state index in [2.05, 4.69) is 40.7 Å². The summed E-state index contributed by atoms with van der Waals surface area (Å²) in [5.74, 6) is -0.206. The molecule has 4 heterocycles. The normalized spacial score (nSPS) is 17.6. The van der Waals surface area contributed by atoms with Crippen LogP contribution in [0.15, 0.2) is 72.8 Å². The maximum absolute atomic E-state index is 15.1. The summed E-state index contributed by atoms with van der Waals surface area (Å²) in [5.41, 5.74) is 8.60. The Balaban J connectivity index is 1.33. The maximum atomic E-state index is 15.1. The number of ether oxygens (including phenoxy) is 1. The molecule has 7 rings (SSSR count). The second kappa shape index (κ2) is 14.1. The summed E-state index contributed by atoms with van der Waals surface area (Å²) in [4.78, 5) is 48.6. The van der Waals surface area contributed by atoms with Crippen molar-refractivity contribution in [3.8, 4) is 11.3 Å². The van der Waals surface area contributed by atoms with Gasteiger partial charge in [0.05, 0.1) is 18.8 Å². The van der Waals surface area contributed by atoms with Crippen molar-refractivity contribution >= 4 is 23.6 Å². The van der Waals surface area contributed by atoms with E-state index in [-0.39, 0.29) is 24.4 Å². The summed E-state index contributed by atoms with van der Waals surface area (Å²) in [6.45, 7) is 9.48. The van der Waals surface area contributed by atoms with Crippen LogP contribution >= 0.6 is 0 Å². The lowest BCUT2D eigenvalue weighted by Crippen LogP contribution is -2.52. The van der Waals surface area contributed by atoms with Crippen LogP contribution in [0.5, 0.6) is 0 Å². The fourth-order valence-corrected chi connectivity index (χ4v) is 7.83. The van der Waals surface area contributed by atoms with Crippen LogP contribution in [0.4, 0.5) is 10.5 Å². The van der Waals surface area contributed by atoms with Gasteiger partial charge in [0.2, 0.25) is 0 Å². The number of carbonyl (C=O) groups excluding carboxylic acids is 2. The molecule has 0 spiro atoms. The van der Waals surface area contributed by atoms with Crippen LogP contribution in [0.1, 0.15) is 55.6 Å². The van der Waals surface area contributed by atoms with E-state index in [0.29, 0.717) is 50.4 Å². The Kier molecular flexibility index (Phi) is 9.48. The molecule has 0 aliphatic carbocycles. The van der Waals surface area contributed by atoms with Crippen LogP contribution in [-0.2, 0) is 37.2 Å². The average molecular weight is 676 g/mol. The van der Waals surface area contributed by atoms with Crippen molar-refractivity contribution in [3.63, 3.8) is 0 Å². The van der Waals surface area contributed by atoms with Crippen LogP contribution in [0.3, 0.4) is 0 Å². The van der Waals surface area contributed by atoms with Gasteiger partial charge in [-0.05, 0) is 79.3 Å². The summed E-state index contributed by atoms with van der Waals surface area (Å²) in [6.07, 6.45) is 0.335. The highest BCUT2D eigenvalue weighted by atomic mass is 16.5. The second-order valence-corrected chi connectivity index (χ2v) is 13.6. The van der Waals surface area contributed by atoms with E-state index in [9.17, 15) is 14.7 Å². The van der Waals surface area contributed by atoms with Gasteiger partial charge in [-0.25, -0.2) is 4.79 Å². The fraction of sp³-hybridized carbons (Fsp3) is 0.375. The standard InChI is InChI=1S/C40H45N5O5/c1-4-44-27(2)34(38(46)41(3)32-12-6-5-7-13-32)23-37(44)35-21-29-14-15-43(40(48)49)24-31(29)22-36(35)39(47)45-25-30-11-9-8-10-28(30)20-33(45)26-42-16-18-50-19-17-42/h5-13,21-23,33H,4,14-20,24-26H2,1-3H3,(H,48,49)/t33-/m0/s1.